The number of rotatable bonds is 4. The van der Waals surface area contributed by atoms with Crippen molar-refractivity contribution < 1.29 is 4.74 Å². The monoisotopic (exact) mass is 291 g/mol. The first kappa shape index (κ1) is 18.0. The van der Waals surface area contributed by atoms with Crippen LogP contribution in [0, 0.1) is 0 Å². The molecule has 1 aromatic carbocycles. The Morgan fingerprint density at radius 1 is 0.905 bits per heavy atom. The van der Waals surface area contributed by atoms with Crippen LogP contribution < -0.4 is 10.5 Å². The van der Waals surface area contributed by atoms with Gasteiger partial charge in [0, 0.05) is 5.56 Å². The quantitative estimate of drug-likeness (QED) is 0.865. The van der Waals surface area contributed by atoms with E-state index < -0.39 is 0 Å². The zero-order valence-corrected chi connectivity index (χ0v) is 15.1. The molecule has 0 radical (unpaired) electrons. The molecule has 120 valence electrons. The maximum Gasteiger partial charge on any atom is 0.124 e. The van der Waals surface area contributed by atoms with Crippen LogP contribution in [0.15, 0.2) is 18.2 Å². The van der Waals surface area contributed by atoms with Gasteiger partial charge in [-0.3, -0.25) is 0 Å². The average molecular weight is 291 g/mol. The van der Waals surface area contributed by atoms with Crippen LogP contribution in [0.25, 0.3) is 0 Å². The van der Waals surface area contributed by atoms with Gasteiger partial charge in [-0.2, -0.15) is 0 Å². The van der Waals surface area contributed by atoms with Crippen LogP contribution in [-0.4, -0.2) is 12.1 Å². The first-order valence-corrected chi connectivity index (χ1v) is 7.91. The van der Waals surface area contributed by atoms with E-state index >= 15 is 0 Å². The van der Waals surface area contributed by atoms with Gasteiger partial charge in [-0.25, -0.2) is 0 Å². The molecule has 0 aliphatic heterocycles. The zero-order valence-electron chi connectivity index (χ0n) is 15.1. The van der Waals surface area contributed by atoms with Gasteiger partial charge in [-0.05, 0) is 49.3 Å². The van der Waals surface area contributed by atoms with Gasteiger partial charge in [0.1, 0.15) is 11.4 Å². The second kappa shape index (κ2) is 6.00. The summed E-state index contributed by atoms with van der Waals surface area (Å²) in [5.74, 6) is 0.994. The summed E-state index contributed by atoms with van der Waals surface area (Å²) in [7, 11) is 0. The fraction of sp³-hybridized carbons (Fsp3) is 0.684. The average Bonchev–Trinajstić information content (AvgIpc) is 2.24. The lowest BCUT2D eigenvalue weighted by Crippen LogP contribution is -2.33. The Morgan fingerprint density at radius 2 is 1.48 bits per heavy atom. The SMILES string of the molecule is CC(C)(CCN)Oc1cccc(C(C)(C)C)c1C(C)(C)C. The highest BCUT2D eigenvalue weighted by Crippen LogP contribution is 2.41. The van der Waals surface area contributed by atoms with E-state index in [9.17, 15) is 0 Å². The minimum absolute atomic E-state index is 0.0397. The summed E-state index contributed by atoms with van der Waals surface area (Å²) in [5.41, 5.74) is 8.27. The lowest BCUT2D eigenvalue weighted by Gasteiger charge is -2.35. The van der Waals surface area contributed by atoms with Gasteiger partial charge < -0.3 is 10.5 Å². The highest BCUT2D eigenvalue weighted by Gasteiger charge is 2.30. The molecule has 1 aromatic rings. The Morgan fingerprint density at radius 3 is 1.90 bits per heavy atom. The van der Waals surface area contributed by atoms with E-state index in [0.717, 1.165) is 12.2 Å². The summed E-state index contributed by atoms with van der Waals surface area (Å²) in [6, 6.07) is 6.42. The molecule has 2 nitrogen and oxygen atoms in total. The van der Waals surface area contributed by atoms with Crippen molar-refractivity contribution >= 4 is 0 Å². The molecule has 0 aliphatic rings. The van der Waals surface area contributed by atoms with E-state index in [0.29, 0.717) is 6.54 Å². The number of nitrogens with two attached hydrogens (primary N) is 1. The Bertz CT molecular complexity index is 475. The molecule has 0 unspecified atom stereocenters. The van der Waals surface area contributed by atoms with Crippen molar-refractivity contribution in [2.45, 2.75) is 78.2 Å². The van der Waals surface area contributed by atoms with Gasteiger partial charge in [-0.15, -0.1) is 0 Å². The summed E-state index contributed by atoms with van der Waals surface area (Å²) in [5, 5.41) is 0. The van der Waals surface area contributed by atoms with Crippen LogP contribution >= 0.6 is 0 Å². The van der Waals surface area contributed by atoms with Crippen molar-refractivity contribution in [1.29, 1.82) is 0 Å². The second-order valence-corrected chi connectivity index (χ2v) is 8.58. The molecule has 0 heterocycles. The maximum atomic E-state index is 6.36. The fourth-order valence-corrected chi connectivity index (χ4v) is 2.71. The van der Waals surface area contributed by atoms with Crippen molar-refractivity contribution in [1.82, 2.24) is 0 Å². The third kappa shape index (κ3) is 4.74. The molecule has 1 rings (SSSR count). The van der Waals surface area contributed by atoms with Crippen LogP contribution in [0.4, 0.5) is 0 Å². The van der Waals surface area contributed by atoms with Crippen LogP contribution in [0.5, 0.6) is 5.75 Å². The third-order valence-corrected chi connectivity index (χ3v) is 3.72. The van der Waals surface area contributed by atoms with Gasteiger partial charge in [0.15, 0.2) is 0 Å². The molecular formula is C19H33NO. The van der Waals surface area contributed by atoms with Crippen LogP contribution in [0.3, 0.4) is 0 Å². The minimum Gasteiger partial charge on any atom is -0.488 e. The number of benzene rings is 1. The maximum absolute atomic E-state index is 6.36. The van der Waals surface area contributed by atoms with Gasteiger partial charge in [0.25, 0.3) is 0 Å². The van der Waals surface area contributed by atoms with E-state index in [-0.39, 0.29) is 16.4 Å². The van der Waals surface area contributed by atoms with Gasteiger partial charge in [0.2, 0.25) is 0 Å². The van der Waals surface area contributed by atoms with E-state index in [1.54, 1.807) is 0 Å². The predicted molar refractivity (Wildman–Crippen MR) is 92.2 cm³/mol. The highest BCUT2D eigenvalue weighted by atomic mass is 16.5. The fourth-order valence-electron chi connectivity index (χ4n) is 2.71. The summed E-state index contributed by atoms with van der Waals surface area (Å²) in [6.45, 7) is 18.4. The molecule has 0 fully saturated rings. The zero-order chi connectivity index (χ0) is 16.5. The highest BCUT2D eigenvalue weighted by molar-refractivity contribution is 5.48. The van der Waals surface area contributed by atoms with Crippen LogP contribution in [0.2, 0.25) is 0 Å². The van der Waals surface area contributed by atoms with E-state index in [2.05, 4.69) is 73.6 Å². The summed E-state index contributed by atoms with van der Waals surface area (Å²) in [6.07, 6.45) is 0.844. The van der Waals surface area contributed by atoms with Crippen molar-refractivity contribution in [2.75, 3.05) is 6.54 Å². The largest absolute Gasteiger partial charge is 0.488 e. The topological polar surface area (TPSA) is 35.2 Å². The molecule has 0 bridgehead atoms. The third-order valence-electron chi connectivity index (χ3n) is 3.72. The van der Waals surface area contributed by atoms with Gasteiger partial charge >= 0.3 is 0 Å². The predicted octanol–water partition coefficient (Wildman–Crippen LogP) is 4.79. The second-order valence-electron chi connectivity index (χ2n) is 8.58. The molecular weight excluding hydrogens is 258 g/mol. The lowest BCUT2D eigenvalue weighted by atomic mass is 9.75. The molecule has 0 atom stereocenters. The van der Waals surface area contributed by atoms with Crippen molar-refractivity contribution in [3.05, 3.63) is 29.3 Å². The summed E-state index contributed by atoms with van der Waals surface area (Å²) < 4.78 is 6.36. The molecule has 0 aliphatic carbocycles. The molecule has 0 spiro atoms. The molecule has 0 saturated heterocycles. The van der Waals surface area contributed by atoms with Crippen molar-refractivity contribution in [3.63, 3.8) is 0 Å². The van der Waals surface area contributed by atoms with Crippen LogP contribution in [-0.2, 0) is 10.8 Å². The van der Waals surface area contributed by atoms with Gasteiger partial charge in [0.05, 0.1) is 0 Å². The van der Waals surface area contributed by atoms with E-state index in [4.69, 9.17) is 10.5 Å². The Kier molecular flexibility index (Phi) is 5.15. The van der Waals surface area contributed by atoms with Crippen LogP contribution in [0.1, 0.15) is 72.9 Å². The van der Waals surface area contributed by atoms with Crippen molar-refractivity contribution in [2.24, 2.45) is 5.73 Å². The normalized spacial score (nSPS) is 13.4. The Hall–Kier alpha value is -1.02. The van der Waals surface area contributed by atoms with E-state index in [1.165, 1.54) is 11.1 Å². The lowest BCUT2D eigenvalue weighted by molar-refractivity contribution is 0.0992. The molecule has 0 saturated carbocycles. The standard InChI is InChI=1S/C19H33NO/c1-17(2,3)14-10-9-11-15(16(14)18(4,5)6)21-19(7,8)12-13-20/h9-11H,12-13,20H2,1-8H3. The number of hydrogen-bond acceptors (Lipinski definition) is 2. The van der Waals surface area contributed by atoms with E-state index in [1.807, 2.05) is 0 Å². The molecule has 2 N–H and O–H groups in total. The van der Waals surface area contributed by atoms with Gasteiger partial charge in [-0.1, -0.05) is 53.7 Å². The smallest absolute Gasteiger partial charge is 0.124 e. The minimum atomic E-state index is -0.245. The summed E-state index contributed by atoms with van der Waals surface area (Å²) >= 11 is 0. The molecule has 0 aromatic heterocycles. The molecule has 2 heteroatoms. The molecule has 0 amide bonds. The Balaban J connectivity index is 3.40. The number of ether oxygens (including phenoxy) is 1. The summed E-state index contributed by atoms with van der Waals surface area (Å²) in [4.78, 5) is 0. The first-order valence-electron chi connectivity index (χ1n) is 7.91. The first-order chi connectivity index (χ1) is 9.38. The Labute approximate surface area is 131 Å². The number of hydrogen-bond donors (Lipinski definition) is 1. The van der Waals surface area contributed by atoms with Crippen molar-refractivity contribution in [3.8, 4) is 5.75 Å². The molecule has 21 heavy (non-hydrogen) atoms.